The van der Waals surface area contributed by atoms with Gasteiger partial charge in [0.05, 0.1) is 18.3 Å². The largest absolute Gasteiger partial charge is 0.504 e. The third-order valence-corrected chi connectivity index (χ3v) is 3.56. The number of rotatable bonds is 3. The summed E-state index contributed by atoms with van der Waals surface area (Å²) in [6.07, 6.45) is 3.78. The highest BCUT2D eigenvalue weighted by Gasteiger charge is 2.01. The lowest BCUT2D eigenvalue weighted by Crippen LogP contribution is -1.84. The number of phenols is 1. The van der Waals surface area contributed by atoms with Crippen LogP contribution in [0.2, 0.25) is 5.02 Å². The average molecular weight is 312 g/mol. The van der Waals surface area contributed by atoms with Crippen LogP contribution in [-0.4, -0.2) is 17.2 Å². The maximum Gasteiger partial charge on any atom is 0.160 e. The lowest BCUT2D eigenvalue weighted by Gasteiger charge is -2.03. The number of hydrogen-bond acceptors (Lipinski definition) is 3. The van der Waals surface area contributed by atoms with Crippen molar-refractivity contribution >= 4 is 34.7 Å². The van der Waals surface area contributed by atoms with Crippen molar-refractivity contribution in [2.75, 3.05) is 7.11 Å². The first-order valence-electron chi connectivity index (χ1n) is 6.77. The van der Waals surface area contributed by atoms with E-state index in [2.05, 4.69) is 4.98 Å². The normalized spacial score (nSPS) is 11.2. The molecule has 1 aromatic heterocycles. The summed E-state index contributed by atoms with van der Waals surface area (Å²) in [4.78, 5) is 4.55. The summed E-state index contributed by atoms with van der Waals surface area (Å²) in [6, 6.07) is 14.8. The topological polar surface area (TPSA) is 42.4 Å². The Kier molecular flexibility index (Phi) is 3.98. The van der Waals surface area contributed by atoms with Crippen molar-refractivity contribution in [3.8, 4) is 11.5 Å². The van der Waals surface area contributed by atoms with E-state index in [0.717, 1.165) is 22.2 Å². The molecule has 0 amide bonds. The number of aromatic nitrogens is 1. The molecule has 0 aliphatic carbocycles. The van der Waals surface area contributed by atoms with Crippen molar-refractivity contribution in [2.45, 2.75) is 0 Å². The average Bonchev–Trinajstić information content (AvgIpc) is 2.52. The number of fused-ring (bicyclic) bond motifs is 1. The number of pyridine rings is 1. The van der Waals surface area contributed by atoms with Crippen LogP contribution in [0.15, 0.2) is 48.5 Å². The molecule has 0 saturated heterocycles. The number of benzene rings is 2. The van der Waals surface area contributed by atoms with Crippen molar-refractivity contribution in [2.24, 2.45) is 0 Å². The molecule has 0 bridgehead atoms. The minimum atomic E-state index is 0.114. The van der Waals surface area contributed by atoms with E-state index in [1.807, 2.05) is 48.6 Å². The molecule has 0 aliphatic rings. The van der Waals surface area contributed by atoms with Crippen LogP contribution in [0.25, 0.3) is 23.1 Å². The number of aromatic hydroxyl groups is 1. The summed E-state index contributed by atoms with van der Waals surface area (Å²) in [5, 5.41) is 11.5. The maximum atomic E-state index is 9.77. The minimum absolute atomic E-state index is 0.114. The van der Waals surface area contributed by atoms with Crippen molar-refractivity contribution in [3.63, 3.8) is 0 Å². The van der Waals surface area contributed by atoms with Gasteiger partial charge in [-0.05, 0) is 42.0 Å². The third-order valence-electron chi connectivity index (χ3n) is 3.33. The lowest BCUT2D eigenvalue weighted by atomic mass is 10.1. The zero-order valence-corrected chi connectivity index (χ0v) is 12.7. The monoisotopic (exact) mass is 311 g/mol. The Morgan fingerprint density at radius 3 is 2.64 bits per heavy atom. The molecular weight excluding hydrogens is 298 g/mol. The van der Waals surface area contributed by atoms with Gasteiger partial charge >= 0.3 is 0 Å². The molecule has 2 aromatic carbocycles. The number of ether oxygens (including phenoxy) is 1. The van der Waals surface area contributed by atoms with Gasteiger partial charge in [0, 0.05) is 10.4 Å². The van der Waals surface area contributed by atoms with Crippen molar-refractivity contribution in [1.82, 2.24) is 4.98 Å². The lowest BCUT2D eigenvalue weighted by molar-refractivity contribution is 0.373. The Morgan fingerprint density at radius 1 is 1.05 bits per heavy atom. The Balaban J connectivity index is 1.90. The maximum absolute atomic E-state index is 9.77. The van der Waals surface area contributed by atoms with Gasteiger partial charge in [-0.25, -0.2) is 4.98 Å². The van der Waals surface area contributed by atoms with Gasteiger partial charge in [0.25, 0.3) is 0 Å². The SMILES string of the molecule is COc1ccc(C=Cc2ccc3ccc(Cl)cc3n2)cc1O. The van der Waals surface area contributed by atoms with Gasteiger partial charge in [-0.3, -0.25) is 0 Å². The van der Waals surface area contributed by atoms with Crippen LogP contribution < -0.4 is 4.74 Å². The first kappa shape index (κ1) is 14.4. The Morgan fingerprint density at radius 2 is 1.86 bits per heavy atom. The fourth-order valence-corrected chi connectivity index (χ4v) is 2.36. The van der Waals surface area contributed by atoms with Gasteiger partial charge in [-0.1, -0.05) is 35.9 Å². The van der Waals surface area contributed by atoms with Crippen LogP contribution in [0.5, 0.6) is 11.5 Å². The quantitative estimate of drug-likeness (QED) is 0.757. The van der Waals surface area contributed by atoms with E-state index in [-0.39, 0.29) is 5.75 Å². The van der Waals surface area contributed by atoms with E-state index in [0.29, 0.717) is 10.8 Å². The molecule has 0 atom stereocenters. The van der Waals surface area contributed by atoms with E-state index in [4.69, 9.17) is 16.3 Å². The van der Waals surface area contributed by atoms with Gasteiger partial charge < -0.3 is 9.84 Å². The molecule has 22 heavy (non-hydrogen) atoms. The van der Waals surface area contributed by atoms with E-state index < -0.39 is 0 Å². The van der Waals surface area contributed by atoms with Crippen molar-refractivity contribution in [3.05, 3.63) is 64.8 Å². The highest BCUT2D eigenvalue weighted by Crippen LogP contribution is 2.27. The predicted octanol–water partition coefficient (Wildman–Crippen LogP) is 4.77. The van der Waals surface area contributed by atoms with Crippen LogP contribution in [0.1, 0.15) is 11.3 Å². The standard InChI is InChI=1S/C18H14ClNO2/c1-22-18-9-3-12(10-17(18)21)2-7-15-8-5-13-4-6-14(19)11-16(13)20-15/h2-11,21H,1H3. The molecule has 0 radical (unpaired) electrons. The van der Waals surface area contributed by atoms with Crippen LogP contribution in [0.4, 0.5) is 0 Å². The van der Waals surface area contributed by atoms with Gasteiger partial charge in [-0.15, -0.1) is 0 Å². The molecule has 0 spiro atoms. The van der Waals surface area contributed by atoms with Crippen LogP contribution in [0.3, 0.4) is 0 Å². The smallest absolute Gasteiger partial charge is 0.160 e. The molecule has 1 N–H and O–H groups in total. The summed E-state index contributed by atoms with van der Waals surface area (Å²) in [5.41, 5.74) is 2.54. The molecule has 3 aromatic rings. The van der Waals surface area contributed by atoms with Gasteiger partial charge in [0.1, 0.15) is 0 Å². The van der Waals surface area contributed by atoms with Gasteiger partial charge in [-0.2, -0.15) is 0 Å². The Hall–Kier alpha value is -2.52. The molecule has 3 nitrogen and oxygen atoms in total. The molecule has 3 rings (SSSR count). The first-order valence-corrected chi connectivity index (χ1v) is 7.15. The number of hydrogen-bond donors (Lipinski definition) is 1. The summed E-state index contributed by atoms with van der Waals surface area (Å²) >= 11 is 5.99. The number of nitrogens with zero attached hydrogens (tertiary/aromatic N) is 1. The fraction of sp³-hybridized carbons (Fsp3) is 0.0556. The fourth-order valence-electron chi connectivity index (χ4n) is 2.19. The van der Waals surface area contributed by atoms with Crippen molar-refractivity contribution in [1.29, 1.82) is 0 Å². The molecule has 110 valence electrons. The summed E-state index contributed by atoms with van der Waals surface area (Å²) in [6.45, 7) is 0. The van der Waals surface area contributed by atoms with E-state index in [1.54, 1.807) is 12.1 Å². The van der Waals surface area contributed by atoms with E-state index >= 15 is 0 Å². The second-order valence-electron chi connectivity index (χ2n) is 4.84. The molecular formula is C18H14ClNO2. The summed E-state index contributed by atoms with van der Waals surface area (Å²) < 4.78 is 5.02. The van der Waals surface area contributed by atoms with Crippen molar-refractivity contribution < 1.29 is 9.84 Å². The van der Waals surface area contributed by atoms with Crippen LogP contribution in [-0.2, 0) is 0 Å². The summed E-state index contributed by atoms with van der Waals surface area (Å²) in [7, 11) is 1.52. The second-order valence-corrected chi connectivity index (χ2v) is 5.27. The van der Waals surface area contributed by atoms with Gasteiger partial charge in [0.15, 0.2) is 11.5 Å². The van der Waals surface area contributed by atoms with E-state index in [9.17, 15) is 5.11 Å². The Bertz CT molecular complexity index is 859. The third kappa shape index (κ3) is 3.05. The highest BCUT2D eigenvalue weighted by molar-refractivity contribution is 6.31. The molecule has 0 saturated carbocycles. The molecule has 0 unspecified atom stereocenters. The zero-order chi connectivity index (χ0) is 15.5. The number of methoxy groups -OCH3 is 1. The zero-order valence-electron chi connectivity index (χ0n) is 12.0. The van der Waals surface area contributed by atoms with Crippen LogP contribution in [0, 0.1) is 0 Å². The van der Waals surface area contributed by atoms with Gasteiger partial charge in [0.2, 0.25) is 0 Å². The number of halogens is 1. The highest BCUT2D eigenvalue weighted by atomic mass is 35.5. The molecule has 0 fully saturated rings. The van der Waals surface area contributed by atoms with Crippen LogP contribution >= 0.6 is 11.6 Å². The first-order chi connectivity index (χ1) is 10.7. The Labute approximate surface area is 133 Å². The van der Waals surface area contributed by atoms with E-state index in [1.165, 1.54) is 7.11 Å². The molecule has 4 heteroatoms. The predicted molar refractivity (Wildman–Crippen MR) is 90.3 cm³/mol. The number of phenolic OH excluding ortho intramolecular Hbond substituents is 1. The summed E-state index contributed by atoms with van der Waals surface area (Å²) in [5.74, 6) is 0.568. The molecule has 1 heterocycles. The second kappa shape index (κ2) is 6.08. The molecule has 0 aliphatic heterocycles. The minimum Gasteiger partial charge on any atom is -0.504 e.